The molecule has 0 saturated carbocycles. The highest BCUT2D eigenvalue weighted by atomic mass is 79.9. The molecule has 0 fully saturated rings. The summed E-state index contributed by atoms with van der Waals surface area (Å²) in [5, 5.41) is 2.81. The van der Waals surface area contributed by atoms with Crippen molar-refractivity contribution >= 4 is 49.9 Å². The number of halogens is 3. The molecule has 0 spiro atoms. The van der Waals surface area contributed by atoms with Gasteiger partial charge in [0.2, 0.25) is 0 Å². The minimum Gasteiger partial charge on any atom is -0.113 e. The molecule has 3 heteroatoms. The first-order chi connectivity index (χ1) is 10.1. The summed E-state index contributed by atoms with van der Waals surface area (Å²) < 4.78 is 0.976. The van der Waals surface area contributed by atoms with Crippen LogP contribution in [0.15, 0.2) is 59.1 Å². The fraction of sp³-hybridized carbons (Fsp3) is 0.111. The third kappa shape index (κ3) is 2.83. The summed E-state index contributed by atoms with van der Waals surface area (Å²) in [6.07, 6.45) is 0. The molecule has 0 heterocycles. The van der Waals surface area contributed by atoms with Gasteiger partial charge < -0.3 is 0 Å². The minimum absolute atomic E-state index is 0.277. The third-order valence-electron chi connectivity index (χ3n) is 3.68. The summed E-state index contributed by atoms with van der Waals surface area (Å²) in [6, 6.07) is 18.3. The maximum Gasteiger partial charge on any atom is 0.0856 e. The van der Waals surface area contributed by atoms with Crippen molar-refractivity contribution in [3.63, 3.8) is 0 Å². The van der Waals surface area contributed by atoms with E-state index in [1.165, 1.54) is 16.3 Å². The van der Waals surface area contributed by atoms with Gasteiger partial charge in [0.05, 0.1) is 5.38 Å². The normalized spacial score (nSPS) is 12.6. The van der Waals surface area contributed by atoms with Crippen LogP contribution in [0.5, 0.6) is 0 Å². The van der Waals surface area contributed by atoms with Crippen LogP contribution in [0, 0.1) is 6.92 Å². The first-order valence-corrected chi connectivity index (χ1v) is 8.26. The molecular weight excluding hydrogens is 367 g/mol. The molecule has 106 valence electrons. The molecule has 0 bridgehead atoms. The molecule has 3 aromatic rings. The van der Waals surface area contributed by atoms with Crippen LogP contribution >= 0.6 is 39.1 Å². The lowest BCUT2D eigenvalue weighted by Gasteiger charge is -2.16. The topological polar surface area (TPSA) is 0 Å². The summed E-state index contributed by atoms with van der Waals surface area (Å²) in [4.78, 5) is 0. The Labute approximate surface area is 142 Å². The van der Waals surface area contributed by atoms with Crippen molar-refractivity contribution in [2.24, 2.45) is 0 Å². The SMILES string of the molecule is Cc1ccc(C(Cl)c2cc(Br)ccc2Cl)c2ccccc12. The van der Waals surface area contributed by atoms with E-state index in [2.05, 4.69) is 53.2 Å². The van der Waals surface area contributed by atoms with Crippen LogP contribution in [0.1, 0.15) is 22.1 Å². The molecule has 21 heavy (non-hydrogen) atoms. The Hall–Kier alpha value is -1.02. The standard InChI is InChI=1S/C18H13BrCl2/c1-11-6-8-15(14-5-3-2-4-13(11)14)18(21)16-10-12(19)7-9-17(16)20/h2-10,18H,1H3. The zero-order chi connectivity index (χ0) is 15.0. The van der Waals surface area contributed by atoms with E-state index >= 15 is 0 Å². The molecule has 0 aliphatic heterocycles. The van der Waals surface area contributed by atoms with Crippen LogP contribution in [0.2, 0.25) is 5.02 Å². The fourth-order valence-corrected chi connectivity index (χ4v) is 3.60. The average molecular weight is 380 g/mol. The summed E-state index contributed by atoms with van der Waals surface area (Å²) in [7, 11) is 0. The van der Waals surface area contributed by atoms with Crippen molar-refractivity contribution in [3.05, 3.63) is 80.8 Å². The lowest BCUT2D eigenvalue weighted by molar-refractivity contribution is 1.15. The molecule has 0 N–H and O–H groups in total. The van der Waals surface area contributed by atoms with E-state index in [0.29, 0.717) is 5.02 Å². The van der Waals surface area contributed by atoms with Gasteiger partial charge >= 0.3 is 0 Å². The van der Waals surface area contributed by atoms with Crippen LogP contribution in [0.4, 0.5) is 0 Å². The molecule has 0 amide bonds. The summed E-state index contributed by atoms with van der Waals surface area (Å²) in [5.41, 5.74) is 3.25. The Morgan fingerprint density at radius 3 is 2.38 bits per heavy atom. The first-order valence-electron chi connectivity index (χ1n) is 6.65. The number of hydrogen-bond donors (Lipinski definition) is 0. The number of alkyl halides is 1. The molecule has 0 nitrogen and oxygen atoms in total. The minimum atomic E-state index is -0.277. The lowest BCUT2D eigenvalue weighted by atomic mass is 9.95. The first kappa shape index (κ1) is 14.9. The molecule has 0 saturated heterocycles. The summed E-state index contributed by atoms with van der Waals surface area (Å²) in [6.45, 7) is 2.11. The van der Waals surface area contributed by atoms with E-state index in [0.717, 1.165) is 15.6 Å². The Morgan fingerprint density at radius 1 is 0.905 bits per heavy atom. The predicted molar refractivity (Wildman–Crippen MR) is 95.5 cm³/mol. The van der Waals surface area contributed by atoms with Crippen molar-refractivity contribution in [1.29, 1.82) is 0 Å². The smallest absolute Gasteiger partial charge is 0.0856 e. The zero-order valence-electron chi connectivity index (χ0n) is 11.4. The average Bonchev–Trinajstić information content (AvgIpc) is 2.50. The third-order valence-corrected chi connectivity index (χ3v) is 4.99. The Morgan fingerprint density at radius 2 is 1.62 bits per heavy atom. The van der Waals surface area contributed by atoms with Gasteiger partial charge in [-0.15, -0.1) is 11.6 Å². The van der Waals surface area contributed by atoms with E-state index < -0.39 is 0 Å². The number of hydrogen-bond acceptors (Lipinski definition) is 0. The van der Waals surface area contributed by atoms with Gasteiger partial charge in [0.25, 0.3) is 0 Å². The molecule has 1 unspecified atom stereocenters. The Balaban J connectivity index is 2.20. The van der Waals surface area contributed by atoms with Crippen LogP contribution in [-0.2, 0) is 0 Å². The van der Waals surface area contributed by atoms with Crippen molar-refractivity contribution in [2.75, 3.05) is 0 Å². The zero-order valence-corrected chi connectivity index (χ0v) is 14.5. The number of rotatable bonds is 2. The molecule has 3 rings (SSSR count). The summed E-state index contributed by atoms with van der Waals surface area (Å²) >= 11 is 16.5. The molecular formula is C18H13BrCl2. The monoisotopic (exact) mass is 378 g/mol. The number of aryl methyl sites for hydroxylation is 1. The van der Waals surface area contributed by atoms with Crippen LogP contribution in [0.3, 0.4) is 0 Å². The van der Waals surface area contributed by atoms with Gasteiger partial charge in [-0.1, -0.05) is 63.9 Å². The molecule has 3 aromatic carbocycles. The second-order valence-electron chi connectivity index (χ2n) is 5.05. The Kier molecular flexibility index (Phi) is 4.26. The van der Waals surface area contributed by atoms with Crippen molar-refractivity contribution in [2.45, 2.75) is 12.3 Å². The largest absolute Gasteiger partial charge is 0.113 e. The van der Waals surface area contributed by atoms with Crippen molar-refractivity contribution in [1.82, 2.24) is 0 Å². The van der Waals surface area contributed by atoms with Crippen LogP contribution in [-0.4, -0.2) is 0 Å². The van der Waals surface area contributed by atoms with Crippen molar-refractivity contribution in [3.8, 4) is 0 Å². The van der Waals surface area contributed by atoms with E-state index in [4.69, 9.17) is 23.2 Å². The van der Waals surface area contributed by atoms with Gasteiger partial charge in [-0.25, -0.2) is 0 Å². The number of benzene rings is 3. The van der Waals surface area contributed by atoms with Gasteiger partial charge in [-0.05, 0) is 52.6 Å². The summed E-state index contributed by atoms with van der Waals surface area (Å²) in [5.74, 6) is 0. The highest BCUT2D eigenvalue weighted by molar-refractivity contribution is 9.10. The van der Waals surface area contributed by atoms with E-state index in [1.807, 2.05) is 24.3 Å². The molecule has 0 radical (unpaired) electrons. The van der Waals surface area contributed by atoms with Crippen molar-refractivity contribution < 1.29 is 0 Å². The second kappa shape index (κ2) is 6.00. The van der Waals surface area contributed by atoms with E-state index in [9.17, 15) is 0 Å². The molecule has 1 atom stereocenters. The highest BCUT2D eigenvalue weighted by Crippen LogP contribution is 2.38. The van der Waals surface area contributed by atoms with Gasteiger partial charge in [0.15, 0.2) is 0 Å². The lowest BCUT2D eigenvalue weighted by Crippen LogP contribution is -1.97. The molecule has 0 aliphatic carbocycles. The van der Waals surface area contributed by atoms with E-state index in [-0.39, 0.29) is 5.38 Å². The van der Waals surface area contributed by atoms with E-state index in [1.54, 1.807) is 0 Å². The quantitative estimate of drug-likeness (QED) is 0.425. The second-order valence-corrected chi connectivity index (χ2v) is 6.80. The maximum absolute atomic E-state index is 6.73. The Bertz CT molecular complexity index is 811. The fourth-order valence-electron chi connectivity index (χ4n) is 2.57. The van der Waals surface area contributed by atoms with Gasteiger partial charge in [-0.2, -0.15) is 0 Å². The van der Waals surface area contributed by atoms with Crippen LogP contribution in [0.25, 0.3) is 10.8 Å². The van der Waals surface area contributed by atoms with Gasteiger partial charge in [0.1, 0.15) is 0 Å². The highest BCUT2D eigenvalue weighted by Gasteiger charge is 2.17. The molecule has 0 aliphatic rings. The number of fused-ring (bicyclic) bond motifs is 1. The van der Waals surface area contributed by atoms with Crippen LogP contribution < -0.4 is 0 Å². The predicted octanol–water partition coefficient (Wildman–Crippen LogP) is 6.89. The maximum atomic E-state index is 6.73. The molecule has 0 aromatic heterocycles. The van der Waals surface area contributed by atoms with Gasteiger partial charge in [0, 0.05) is 9.50 Å². The van der Waals surface area contributed by atoms with Gasteiger partial charge in [-0.3, -0.25) is 0 Å².